The molecule has 1 heterocycles. The van der Waals surface area contributed by atoms with E-state index in [9.17, 15) is 4.79 Å². The van der Waals surface area contributed by atoms with Gasteiger partial charge in [0, 0.05) is 6.42 Å². The van der Waals surface area contributed by atoms with Crippen LogP contribution in [0.2, 0.25) is 0 Å². The van der Waals surface area contributed by atoms with Crippen LogP contribution in [0.3, 0.4) is 0 Å². The van der Waals surface area contributed by atoms with Gasteiger partial charge in [0.2, 0.25) is 6.62 Å². The molecular weight excluding hydrogens is 142 g/mol. The number of allylic oxidation sites excluding steroid dienone is 1. The SMILES string of the molecule is O=C[P+]1(Cl)C=CCC1. The molecule has 1 nitrogen and oxygen atoms in total. The fourth-order valence-electron chi connectivity index (χ4n) is 0.685. The van der Waals surface area contributed by atoms with Crippen LogP contribution in [0.5, 0.6) is 0 Å². The van der Waals surface area contributed by atoms with Gasteiger partial charge in [0.1, 0.15) is 11.2 Å². The van der Waals surface area contributed by atoms with Gasteiger partial charge in [0.15, 0.2) is 0 Å². The molecular formula is C5H7ClOP+. The van der Waals surface area contributed by atoms with Gasteiger partial charge in [-0.3, -0.25) is 4.79 Å². The molecule has 44 valence electrons. The van der Waals surface area contributed by atoms with Crippen LogP contribution in [0.1, 0.15) is 6.42 Å². The first kappa shape index (κ1) is 6.25. The largest absolute Gasteiger partial charge is 0.278 e. The third-order valence-electron chi connectivity index (χ3n) is 1.17. The van der Waals surface area contributed by atoms with E-state index >= 15 is 0 Å². The highest BCUT2D eigenvalue weighted by Crippen LogP contribution is 2.65. The number of hydrogen-bond acceptors (Lipinski definition) is 1. The van der Waals surface area contributed by atoms with Crippen molar-refractivity contribution in [3.8, 4) is 0 Å². The number of rotatable bonds is 1. The molecule has 3 heteroatoms. The summed E-state index contributed by atoms with van der Waals surface area (Å²) in [4.78, 5) is 10.2. The fraction of sp³-hybridized carbons (Fsp3) is 0.400. The molecule has 0 aromatic rings. The molecule has 1 aliphatic heterocycles. The summed E-state index contributed by atoms with van der Waals surface area (Å²) in [6.45, 7) is -1.69. The Morgan fingerprint density at radius 3 is 2.75 bits per heavy atom. The third-order valence-corrected chi connectivity index (χ3v) is 4.25. The summed E-state index contributed by atoms with van der Waals surface area (Å²) in [5.74, 6) is 1.86. The number of carbonyl (C=O) groups excluding carboxylic acids is 1. The molecule has 1 unspecified atom stereocenters. The van der Waals surface area contributed by atoms with Crippen molar-refractivity contribution in [2.75, 3.05) is 6.16 Å². The van der Waals surface area contributed by atoms with Gasteiger partial charge in [0.25, 0.3) is 6.03 Å². The molecule has 0 aliphatic carbocycles. The third kappa shape index (κ3) is 1.10. The predicted molar refractivity (Wildman–Crippen MR) is 38.1 cm³/mol. The van der Waals surface area contributed by atoms with E-state index < -0.39 is 6.62 Å². The molecule has 0 saturated carbocycles. The average molecular weight is 150 g/mol. The maximum absolute atomic E-state index is 10.2. The number of hydrogen-bond donors (Lipinski definition) is 0. The highest BCUT2D eigenvalue weighted by Gasteiger charge is 2.35. The fourth-order valence-corrected chi connectivity index (χ4v) is 2.59. The normalized spacial score (nSPS) is 35.6. The van der Waals surface area contributed by atoms with Gasteiger partial charge < -0.3 is 0 Å². The smallest absolute Gasteiger partial charge is 0.255 e. The predicted octanol–water partition coefficient (Wildman–Crippen LogP) is 2.27. The summed E-state index contributed by atoms with van der Waals surface area (Å²) in [7, 11) is 0. The van der Waals surface area contributed by atoms with Crippen LogP contribution in [0.4, 0.5) is 0 Å². The van der Waals surface area contributed by atoms with Crippen molar-refractivity contribution < 1.29 is 4.79 Å². The van der Waals surface area contributed by atoms with Crippen molar-refractivity contribution in [3.63, 3.8) is 0 Å². The molecule has 1 atom stereocenters. The van der Waals surface area contributed by atoms with E-state index in [1.165, 1.54) is 0 Å². The summed E-state index contributed by atoms with van der Waals surface area (Å²) in [5.41, 5.74) is 0. The molecule has 0 saturated heterocycles. The number of carbonyl (C=O) groups is 1. The van der Waals surface area contributed by atoms with E-state index in [0.717, 1.165) is 18.6 Å². The minimum absolute atomic E-state index is 0.873. The molecule has 0 N–H and O–H groups in total. The first-order valence-electron chi connectivity index (χ1n) is 2.48. The quantitative estimate of drug-likeness (QED) is 0.413. The minimum atomic E-state index is -1.69. The lowest BCUT2D eigenvalue weighted by atomic mass is 10.5. The summed E-state index contributed by atoms with van der Waals surface area (Å²) in [6.07, 6.45) is 3.84. The molecule has 8 heavy (non-hydrogen) atoms. The second kappa shape index (κ2) is 2.16. The zero-order valence-corrected chi connectivity index (χ0v) is 6.03. The lowest BCUT2D eigenvalue weighted by Gasteiger charge is -1.95. The summed E-state index contributed by atoms with van der Waals surface area (Å²) < 4.78 is 0. The minimum Gasteiger partial charge on any atom is -0.255 e. The summed E-state index contributed by atoms with van der Waals surface area (Å²) in [6, 6.07) is 0.901. The van der Waals surface area contributed by atoms with Crippen LogP contribution < -0.4 is 0 Å². The van der Waals surface area contributed by atoms with Gasteiger partial charge in [0.05, 0.1) is 12.0 Å². The Labute approximate surface area is 53.8 Å². The standard InChI is InChI=1S/C5H7ClOP/c6-8(5-7)3-1-2-4-8/h1,3,5H,2,4H2/q+1. The summed E-state index contributed by atoms with van der Waals surface area (Å²) in [5, 5.41) is 0. The molecule has 1 rings (SSSR count). The lowest BCUT2D eigenvalue weighted by Crippen LogP contribution is -1.80. The van der Waals surface area contributed by atoms with Gasteiger partial charge in [-0.15, -0.1) is 0 Å². The van der Waals surface area contributed by atoms with Gasteiger partial charge in [-0.05, 0) is 6.08 Å². The Balaban J connectivity index is 2.67. The maximum atomic E-state index is 10.2. The van der Waals surface area contributed by atoms with Crippen LogP contribution in [-0.2, 0) is 4.79 Å². The van der Waals surface area contributed by atoms with Crippen LogP contribution in [0.25, 0.3) is 0 Å². The first-order chi connectivity index (χ1) is 3.77. The van der Waals surface area contributed by atoms with Crippen molar-refractivity contribution in [3.05, 3.63) is 11.9 Å². The summed E-state index contributed by atoms with van der Waals surface area (Å²) >= 11 is 5.81. The van der Waals surface area contributed by atoms with Gasteiger partial charge in [-0.25, -0.2) is 0 Å². The Morgan fingerprint density at radius 2 is 2.50 bits per heavy atom. The maximum Gasteiger partial charge on any atom is 0.278 e. The van der Waals surface area contributed by atoms with Gasteiger partial charge >= 0.3 is 0 Å². The zero-order chi connectivity index (χ0) is 6.04. The monoisotopic (exact) mass is 149 g/mol. The first-order valence-corrected chi connectivity index (χ1v) is 5.50. The van der Waals surface area contributed by atoms with E-state index in [1.54, 1.807) is 0 Å². The van der Waals surface area contributed by atoms with Crippen LogP contribution in [0.15, 0.2) is 11.9 Å². The van der Waals surface area contributed by atoms with Crippen molar-refractivity contribution in [1.82, 2.24) is 0 Å². The zero-order valence-electron chi connectivity index (χ0n) is 4.38. The van der Waals surface area contributed by atoms with Crippen LogP contribution in [-0.4, -0.2) is 12.2 Å². The molecule has 0 spiro atoms. The average Bonchev–Trinajstić information content (AvgIpc) is 2.17. The van der Waals surface area contributed by atoms with E-state index in [1.807, 2.05) is 11.9 Å². The van der Waals surface area contributed by atoms with Crippen molar-refractivity contribution in [2.45, 2.75) is 6.42 Å². The molecule has 0 amide bonds. The highest BCUT2D eigenvalue weighted by molar-refractivity contribution is 8.11. The van der Waals surface area contributed by atoms with E-state index in [4.69, 9.17) is 11.2 Å². The van der Waals surface area contributed by atoms with Crippen molar-refractivity contribution in [1.29, 1.82) is 0 Å². The second-order valence-electron chi connectivity index (χ2n) is 1.83. The molecule has 0 aromatic heterocycles. The van der Waals surface area contributed by atoms with Gasteiger partial charge in [-0.2, -0.15) is 0 Å². The van der Waals surface area contributed by atoms with E-state index in [2.05, 4.69) is 0 Å². The van der Waals surface area contributed by atoms with Crippen LogP contribution in [0, 0.1) is 0 Å². The number of halogens is 1. The van der Waals surface area contributed by atoms with E-state index in [-0.39, 0.29) is 0 Å². The lowest BCUT2D eigenvalue weighted by molar-refractivity contribution is 0.569. The van der Waals surface area contributed by atoms with Crippen LogP contribution >= 0.6 is 17.9 Å². The van der Waals surface area contributed by atoms with Gasteiger partial charge in [-0.1, -0.05) is 0 Å². The van der Waals surface area contributed by atoms with Crippen molar-refractivity contribution in [2.24, 2.45) is 0 Å². The molecule has 0 aromatic carbocycles. The molecule has 0 bridgehead atoms. The molecule has 1 aliphatic rings. The molecule has 0 radical (unpaired) electrons. The second-order valence-corrected chi connectivity index (χ2v) is 6.33. The molecule has 0 fully saturated rings. The topological polar surface area (TPSA) is 17.1 Å². The van der Waals surface area contributed by atoms with E-state index in [0.29, 0.717) is 0 Å². The Hall–Kier alpha value is 0.130. The highest BCUT2D eigenvalue weighted by atomic mass is 35.7. The Bertz CT molecular complexity index is 134. The Morgan fingerprint density at radius 1 is 1.75 bits per heavy atom. The Kier molecular flexibility index (Phi) is 1.69. The van der Waals surface area contributed by atoms with Crippen molar-refractivity contribution >= 4 is 23.9 Å².